The number of ether oxygens (including phenoxy) is 2. The molecule has 4 rings (SSSR count). The molecule has 0 fully saturated rings. The number of hydrogen-bond acceptors (Lipinski definition) is 6. The molecule has 0 unspecified atom stereocenters. The van der Waals surface area contributed by atoms with Crippen LogP contribution in [0.3, 0.4) is 0 Å². The monoisotopic (exact) mass is 361 g/mol. The average Bonchev–Trinajstić information content (AvgIpc) is 3.02. The van der Waals surface area contributed by atoms with Gasteiger partial charge in [0.15, 0.2) is 11.5 Å². The second-order valence-corrected chi connectivity index (χ2v) is 6.97. The number of fused-ring (bicyclic) bond motifs is 2. The van der Waals surface area contributed by atoms with Crippen molar-refractivity contribution in [1.29, 1.82) is 0 Å². The van der Waals surface area contributed by atoms with Crippen molar-refractivity contribution in [2.24, 2.45) is 0 Å². The molecule has 9 nitrogen and oxygen atoms in total. The van der Waals surface area contributed by atoms with Crippen LogP contribution in [-0.4, -0.2) is 25.2 Å². The van der Waals surface area contributed by atoms with E-state index in [9.17, 15) is 18.0 Å². The molecule has 1 aliphatic heterocycles. The standard InChI is InChI=1S/C15H11N3O6S/c19-14-15(20)17-11-6-9(2-3-10(11)16-14)25(21,22)18-8-1-4-12-13(5-8)24-7-23-12/h1-6,18H,7H2,(H,16,19)(H,17,20). The van der Waals surface area contributed by atoms with Crippen molar-refractivity contribution in [3.63, 3.8) is 0 Å². The van der Waals surface area contributed by atoms with Gasteiger partial charge in [-0.05, 0) is 30.3 Å². The van der Waals surface area contributed by atoms with E-state index in [1.54, 1.807) is 12.1 Å². The molecular formula is C15H11N3O6S. The summed E-state index contributed by atoms with van der Waals surface area (Å²) in [6.07, 6.45) is 0. The van der Waals surface area contributed by atoms with Gasteiger partial charge in [-0.2, -0.15) is 0 Å². The molecule has 0 atom stereocenters. The fraction of sp³-hybridized carbons (Fsp3) is 0.0667. The van der Waals surface area contributed by atoms with Crippen LogP contribution in [0.4, 0.5) is 5.69 Å². The number of benzene rings is 2. The summed E-state index contributed by atoms with van der Waals surface area (Å²) < 4.78 is 37.9. The topological polar surface area (TPSA) is 130 Å². The summed E-state index contributed by atoms with van der Waals surface area (Å²) in [5.74, 6) is 0.982. The predicted molar refractivity (Wildman–Crippen MR) is 88.6 cm³/mol. The maximum atomic E-state index is 12.6. The second-order valence-electron chi connectivity index (χ2n) is 5.29. The Hall–Kier alpha value is -3.27. The molecule has 1 aliphatic rings. The second kappa shape index (κ2) is 5.38. The third-order valence-corrected chi connectivity index (χ3v) is 5.01. The molecule has 0 spiro atoms. The lowest BCUT2D eigenvalue weighted by molar-refractivity contribution is 0.174. The SMILES string of the molecule is O=c1[nH]c2ccc(S(=O)(=O)Nc3ccc4c(c3)OCO4)cc2[nH]c1=O. The van der Waals surface area contributed by atoms with Gasteiger partial charge in [0.1, 0.15) is 0 Å². The molecule has 128 valence electrons. The number of H-pyrrole nitrogens is 2. The number of anilines is 1. The highest BCUT2D eigenvalue weighted by Gasteiger charge is 2.18. The lowest BCUT2D eigenvalue weighted by Crippen LogP contribution is -2.29. The van der Waals surface area contributed by atoms with Crippen LogP contribution in [0.25, 0.3) is 11.0 Å². The van der Waals surface area contributed by atoms with Gasteiger partial charge in [-0.25, -0.2) is 8.42 Å². The van der Waals surface area contributed by atoms with Gasteiger partial charge in [0.25, 0.3) is 10.0 Å². The van der Waals surface area contributed by atoms with Crippen LogP contribution in [0.2, 0.25) is 0 Å². The van der Waals surface area contributed by atoms with E-state index in [4.69, 9.17) is 9.47 Å². The summed E-state index contributed by atoms with van der Waals surface area (Å²) in [6, 6.07) is 8.66. The third-order valence-electron chi connectivity index (χ3n) is 3.63. The van der Waals surface area contributed by atoms with E-state index in [0.717, 1.165) is 0 Å². The van der Waals surface area contributed by atoms with Crippen LogP contribution < -0.4 is 25.3 Å². The summed E-state index contributed by atoms with van der Waals surface area (Å²) in [6.45, 7) is 0.0851. The first-order valence-electron chi connectivity index (χ1n) is 7.11. The van der Waals surface area contributed by atoms with Gasteiger partial charge < -0.3 is 19.4 Å². The molecule has 10 heteroatoms. The number of nitrogens with one attached hydrogen (secondary N) is 3. The summed E-state index contributed by atoms with van der Waals surface area (Å²) >= 11 is 0. The van der Waals surface area contributed by atoms with Crippen LogP contribution in [-0.2, 0) is 10.0 Å². The highest BCUT2D eigenvalue weighted by atomic mass is 32.2. The van der Waals surface area contributed by atoms with Gasteiger partial charge in [0.2, 0.25) is 6.79 Å². The molecule has 0 saturated heterocycles. The Morgan fingerprint density at radius 3 is 2.40 bits per heavy atom. The van der Waals surface area contributed by atoms with Gasteiger partial charge in [-0.3, -0.25) is 14.3 Å². The molecule has 1 aromatic heterocycles. The molecule has 3 N–H and O–H groups in total. The summed E-state index contributed by atoms with van der Waals surface area (Å²) in [7, 11) is -3.91. The van der Waals surface area contributed by atoms with Gasteiger partial charge in [0.05, 0.1) is 21.6 Å². The Kier molecular flexibility index (Phi) is 3.29. The number of hydrogen-bond donors (Lipinski definition) is 3. The number of aromatic amines is 2. The van der Waals surface area contributed by atoms with Crippen molar-refractivity contribution >= 4 is 26.7 Å². The number of aromatic nitrogens is 2. The number of sulfonamides is 1. The Balaban J connectivity index is 1.72. The molecule has 0 amide bonds. The zero-order valence-corrected chi connectivity index (χ0v) is 13.3. The minimum Gasteiger partial charge on any atom is -0.454 e. The molecule has 0 bridgehead atoms. The fourth-order valence-electron chi connectivity index (χ4n) is 2.44. The minimum atomic E-state index is -3.91. The van der Waals surface area contributed by atoms with E-state index in [2.05, 4.69) is 14.7 Å². The summed E-state index contributed by atoms with van der Waals surface area (Å²) in [5, 5.41) is 0. The first-order chi connectivity index (χ1) is 11.9. The third kappa shape index (κ3) is 2.72. The molecule has 0 saturated carbocycles. The van der Waals surface area contributed by atoms with E-state index >= 15 is 0 Å². The first-order valence-corrected chi connectivity index (χ1v) is 8.59. The van der Waals surface area contributed by atoms with E-state index in [1.807, 2.05) is 0 Å². The largest absolute Gasteiger partial charge is 0.454 e. The van der Waals surface area contributed by atoms with Crippen molar-refractivity contribution in [2.45, 2.75) is 4.90 Å². The molecule has 2 heterocycles. The Labute approximate surface area is 140 Å². The van der Waals surface area contributed by atoms with Crippen molar-refractivity contribution in [3.05, 3.63) is 57.1 Å². The lowest BCUT2D eigenvalue weighted by Gasteiger charge is -2.09. The Morgan fingerprint density at radius 2 is 1.60 bits per heavy atom. The zero-order chi connectivity index (χ0) is 17.6. The van der Waals surface area contributed by atoms with Crippen LogP contribution in [0.1, 0.15) is 0 Å². The highest BCUT2D eigenvalue weighted by molar-refractivity contribution is 7.92. The van der Waals surface area contributed by atoms with Crippen molar-refractivity contribution < 1.29 is 17.9 Å². The van der Waals surface area contributed by atoms with Gasteiger partial charge in [-0.15, -0.1) is 0 Å². The first kappa shape index (κ1) is 15.3. The maximum Gasteiger partial charge on any atom is 0.314 e. The fourth-order valence-corrected chi connectivity index (χ4v) is 3.51. The van der Waals surface area contributed by atoms with Gasteiger partial charge >= 0.3 is 11.1 Å². The Bertz CT molecular complexity index is 1210. The van der Waals surface area contributed by atoms with Crippen molar-refractivity contribution in [2.75, 3.05) is 11.5 Å². The van der Waals surface area contributed by atoms with Gasteiger partial charge in [-0.1, -0.05) is 0 Å². The molecule has 2 aromatic carbocycles. The molecule has 25 heavy (non-hydrogen) atoms. The smallest absolute Gasteiger partial charge is 0.314 e. The molecular weight excluding hydrogens is 350 g/mol. The average molecular weight is 361 g/mol. The lowest BCUT2D eigenvalue weighted by atomic mass is 10.3. The highest BCUT2D eigenvalue weighted by Crippen LogP contribution is 2.34. The van der Waals surface area contributed by atoms with Crippen molar-refractivity contribution in [3.8, 4) is 11.5 Å². The maximum absolute atomic E-state index is 12.6. The van der Waals surface area contributed by atoms with Crippen LogP contribution in [0.5, 0.6) is 11.5 Å². The van der Waals surface area contributed by atoms with Crippen LogP contribution >= 0.6 is 0 Å². The summed E-state index contributed by atoms with van der Waals surface area (Å²) in [5.41, 5.74) is -0.823. The molecule has 3 aromatic rings. The molecule has 0 aliphatic carbocycles. The Morgan fingerprint density at radius 1 is 0.880 bits per heavy atom. The van der Waals surface area contributed by atoms with Crippen molar-refractivity contribution in [1.82, 2.24) is 9.97 Å². The van der Waals surface area contributed by atoms with E-state index in [1.165, 1.54) is 24.3 Å². The quantitative estimate of drug-likeness (QED) is 0.590. The normalized spacial score (nSPS) is 13.1. The molecule has 0 radical (unpaired) electrons. The van der Waals surface area contributed by atoms with Gasteiger partial charge in [0, 0.05) is 6.07 Å². The van der Waals surface area contributed by atoms with Crippen LogP contribution in [0, 0.1) is 0 Å². The predicted octanol–water partition coefficient (Wildman–Crippen LogP) is 0.746. The minimum absolute atomic E-state index is 0.0691. The zero-order valence-electron chi connectivity index (χ0n) is 12.5. The number of rotatable bonds is 3. The van der Waals surface area contributed by atoms with E-state index in [0.29, 0.717) is 22.7 Å². The van der Waals surface area contributed by atoms with E-state index < -0.39 is 21.1 Å². The van der Waals surface area contributed by atoms with Crippen LogP contribution in [0.15, 0.2) is 50.9 Å². The van der Waals surface area contributed by atoms with E-state index in [-0.39, 0.29) is 17.2 Å². The summed E-state index contributed by atoms with van der Waals surface area (Å²) in [4.78, 5) is 27.3.